The quantitative estimate of drug-likeness (QED) is 0.286. The summed E-state index contributed by atoms with van der Waals surface area (Å²) in [6.45, 7) is 0.372. The Morgan fingerprint density at radius 3 is 2.33 bits per heavy atom. The molecule has 0 heterocycles. The van der Waals surface area contributed by atoms with Crippen LogP contribution < -0.4 is 10.5 Å². The number of hydrogen-bond acceptors (Lipinski definition) is 13. The highest BCUT2D eigenvalue weighted by molar-refractivity contribution is 6.30. The second-order valence-corrected chi connectivity index (χ2v) is 10.00. The first kappa shape index (κ1) is 28.6. The van der Waals surface area contributed by atoms with Crippen molar-refractivity contribution < 1.29 is 63.4 Å². The van der Waals surface area contributed by atoms with E-state index in [4.69, 9.17) is 19.9 Å². The maximum Gasteiger partial charge on any atom is 0.341 e. The highest BCUT2D eigenvalue weighted by Crippen LogP contribution is 2.56. The predicted molar refractivity (Wildman–Crippen MR) is 137 cm³/mol. The predicted octanol–water partition coefficient (Wildman–Crippen LogP) is -0.259. The summed E-state index contributed by atoms with van der Waals surface area (Å²) in [7, 11) is 1.92. The number of benzene rings is 2. The van der Waals surface area contributed by atoms with Crippen LogP contribution in [0.1, 0.15) is 68.5 Å². The molecule has 3 aliphatic rings. The fourth-order valence-corrected chi connectivity index (χ4v) is 6.12. The van der Waals surface area contributed by atoms with Gasteiger partial charge in [0, 0.05) is 36.3 Å². The molecule has 0 aromatic heterocycles. The summed E-state index contributed by atoms with van der Waals surface area (Å²) in [5.74, 6) is -8.85. The van der Waals surface area contributed by atoms with E-state index in [1.165, 1.54) is 13.0 Å². The van der Waals surface area contributed by atoms with E-state index in [2.05, 4.69) is 0 Å². The molecule has 0 amide bonds. The fraction of sp³-hybridized carbons (Fsp3) is 0.286. The van der Waals surface area contributed by atoms with Crippen LogP contribution in [-0.4, -0.2) is 88.0 Å². The smallest absolute Gasteiger partial charge is 0.341 e. The van der Waals surface area contributed by atoms with Crippen LogP contribution in [0.3, 0.4) is 0 Å². The van der Waals surface area contributed by atoms with Crippen LogP contribution in [0.4, 0.5) is 0 Å². The molecule has 2 aromatic carbocycles. The number of Topliss-reactive ketones (excluding diaryl/α,β-unsaturated/α-hetero) is 3. The lowest BCUT2D eigenvalue weighted by molar-refractivity contribution is -0.181. The molecule has 0 unspecified atom stereocenters. The second-order valence-electron chi connectivity index (χ2n) is 10.00. The number of aliphatic carboxylic acids is 1. The van der Waals surface area contributed by atoms with Gasteiger partial charge in [-0.15, -0.1) is 0 Å². The number of aliphatic hydroxyl groups is 2. The fourth-order valence-electron chi connectivity index (χ4n) is 6.12. The van der Waals surface area contributed by atoms with Crippen molar-refractivity contribution in [3.8, 4) is 11.5 Å². The SMILES string of the molecule is COC(=O)c1c(C)cc2c(c1OCC(=O)O)[C@]1(O)C(=O)c3cc4c(c(O)c3C(=O)[C@]1(OC)[C@H](O)C2)C(=O)C=C(N)C4=O. The van der Waals surface area contributed by atoms with Crippen molar-refractivity contribution in [2.24, 2.45) is 5.73 Å². The summed E-state index contributed by atoms with van der Waals surface area (Å²) in [6.07, 6.45) is -1.71. The molecule has 0 spiro atoms. The first-order chi connectivity index (χ1) is 19.7. The zero-order valence-electron chi connectivity index (χ0n) is 22.3. The minimum Gasteiger partial charge on any atom is -0.506 e. The number of allylic oxidation sites excluding steroid dienone is 2. The normalized spacial score (nSPS) is 24.2. The highest BCUT2D eigenvalue weighted by atomic mass is 16.5. The molecule has 5 rings (SSSR count). The zero-order chi connectivity index (χ0) is 31.0. The van der Waals surface area contributed by atoms with Crippen molar-refractivity contribution in [3.63, 3.8) is 0 Å². The lowest BCUT2D eigenvalue weighted by Gasteiger charge is -2.53. The van der Waals surface area contributed by atoms with Gasteiger partial charge in [-0.2, -0.15) is 0 Å². The molecule has 0 radical (unpaired) electrons. The maximum atomic E-state index is 14.4. The number of aryl methyl sites for hydroxylation is 1. The van der Waals surface area contributed by atoms with Gasteiger partial charge >= 0.3 is 11.9 Å². The number of ether oxygens (including phenoxy) is 3. The number of aromatic hydroxyl groups is 1. The van der Waals surface area contributed by atoms with Crippen molar-refractivity contribution in [1.82, 2.24) is 0 Å². The number of ketones is 4. The van der Waals surface area contributed by atoms with E-state index in [0.29, 0.717) is 0 Å². The number of phenols is 1. The number of carbonyl (C=O) groups is 6. The molecule has 0 saturated carbocycles. The van der Waals surface area contributed by atoms with E-state index in [-0.39, 0.29) is 16.7 Å². The molecule has 0 saturated heterocycles. The van der Waals surface area contributed by atoms with Crippen molar-refractivity contribution in [3.05, 3.63) is 68.4 Å². The first-order valence-corrected chi connectivity index (χ1v) is 12.3. The molecule has 0 fully saturated rings. The number of rotatable bonds is 5. The average molecular weight is 581 g/mol. The van der Waals surface area contributed by atoms with Gasteiger partial charge in [-0.1, -0.05) is 6.07 Å². The Labute approximate surface area is 235 Å². The van der Waals surface area contributed by atoms with E-state index in [1.807, 2.05) is 0 Å². The summed E-state index contributed by atoms with van der Waals surface area (Å²) in [4.78, 5) is 78.4. The van der Waals surface area contributed by atoms with E-state index in [9.17, 15) is 49.2 Å². The van der Waals surface area contributed by atoms with E-state index >= 15 is 0 Å². The number of carboxylic acid groups (broad SMARTS) is 1. The lowest BCUT2D eigenvalue weighted by Crippen LogP contribution is -2.73. The Balaban J connectivity index is 1.93. The van der Waals surface area contributed by atoms with Gasteiger partial charge in [-0.25, -0.2) is 9.59 Å². The molecule has 2 aromatic rings. The van der Waals surface area contributed by atoms with Crippen LogP contribution in [0.5, 0.6) is 11.5 Å². The van der Waals surface area contributed by atoms with Crippen LogP contribution >= 0.6 is 0 Å². The van der Waals surface area contributed by atoms with Gasteiger partial charge in [0.05, 0.1) is 30.0 Å². The van der Waals surface area contributed by atoms with Crippen molar-refractivity contribution in [2.45, 2.75) is 30.7 Å². The van der Waals surface area contributed by atoms with Gasteiger partial charge in [-0.05, 0) is 24.1 Å². The highest BCUT2D eigenvalue weighted by Gasteiger charge is 2.72. The molecular weight excluding hydrogens is 558 g/mol. The van der Waals surface area contributed by atoms with Crippen LogP contribution in [-0.2, 0) is 26.3 Å². The Hall–Kier alpha value is -4.92. The summed E-state index contributed by atoms with van der Waals surface area (Å²) in [5, 5.41) is 44.2. The van der Waals surface area contributed by atoms with Crippen molar-refractivity contribution >= 4 is 35.1 Å². The number of carbonyl (C=O) groups excluding carboxylic acids is 5. The van der Waals surface area contributed by atoms with Gasteiger partial charge in [0.15, 0.2) is 23.6 Å². The molecule has 3 atom stereocenters. The number of nitrogens with two attached hydrogens (primary N) is 1. The van der Waals surface area contributed by atoms with E-state index in [1.54, 1.807) is 0 Å². The summed E-state index contributed by atoms with van der Waals surface area (Å²) < 4.78 is 15.7. The molecule has 14 heteroatoms. The van der Waals surface area contributed by atoms with Gasteiger partial charge < -0.3 is 40.4 Å². The molecule has 6 N–H and O–H groups in total. The van der Waals surface area contributed by atoms with Crippen molar-refractivity contribution in [2.75, 3.05) is 20.8 Å². The monoisotopic (exact) mass is 581 g/mol. The molecular formula is C28H23NO13. The van der Waals surface area contributed by atoms with Crippen molar-refractivity contribution in [1.29, 1.82) is 0 Å². The number of fused-ring (bicyclic) bond motifs is 5. The molecule has 3 aliphatic carbocycles. The average Bonchev–Trinajstić information content (AvgIpc) is 2.92. The van der Waals surface area contributed by atoms with Gasteiger partial charge in [0.2, 0.25) is 17.3 Å². The summed E-state index contributed by atoms with van der Waals surface area (Å²) in [5.41, 5.74) is -4.49. The third kappa shape index (κ3) is 3.36. The molecule has 42 heavy (non-hydrogen) atoms. The van der Waals surface area contributed by atoms with Gasteiger partial charge in [0.25, 0.3) is 0 Å². The Morgan fingerprint density at radius 1 is 1.07 bits per heavy atom. The standard InChI is InChI=1S/C28H23NO13/c1-9-4-10-5-15(31)28(41-3)25(37)19-12(6-11-18(22(19)35)14(30)7-13(29)21(11)34)24(36)27(28,39)20(10)23(42-8-16(32)33)17(9)26(38)40-2/h4,6-7,15,31,35,39H,5,8,29H2,1-3H3,(H,32,33)/t15-,27+,28-/m1/s1. The minimum atomic E-state index is -3.23. The maximum absolute atomic E-state index is 14.4. The van der Waals surface area contributed by atoms with E-state index < -0.39 is 110 Å². The van der Waals surface area contributed by atoms with Crippen LogP contribution in [0.2, 0.25) is 0 Å². The number of hydrogen-bond donors (Lipinski definition) is 5. The topological polar surface area (TPSA) is 237 Å². The Morgan fingerprint density at radius 2 is 1.74 bits per heavy atom. The Kier molecular flexibility index (Phi) is 6.34. The van der Waals surface area contributed by atoms with E-state index in [0.717, 1.165) is 26.4 Å². The van der Waals surface area contributed by atoms with Crippen LogP contribution in [0.25, 0.3) is 0 Å². The zero-order valence-corrected chi connectivity index (χ0v) is 22.3. The third-order valence-corrected chi connectivity index (χ3v) is 7.87. The van der Waals surface area contributed by atoms with Crippen LogP contribution in [0, 0.1) is 6.92 Å². The molecule has 0 aliphatic heterocycles. The first-order valence-electron chi connectivity index (χ1n) is 12.3. The number of esters is 1. The largest absolute Gasteiger partial charge is 0.506 e. The molecule has 0 bridgehead atoms. The third-order valence-electron chi connectivity index (χ3n) is 7.87. The minimum absolute atomic E-state index is 0.00608. The molecule has 218 valence electrons. The lowest BCUT2D eigenvalue weighted by atomic mass is 9.56. The number of carboxylic acids is 1. The van der Waals surface area contributed by atoms with Gasteiger partial charge in [0.1, 0.15) is 17.1 Å². The van der Waals surface area contributed by atoms with Gasteiger partial charge in [-0.3, -0.25) is 19.2 Å². The molecule has 14 nitrogen and oxygen atoms in total. The number of phenolic OH excluding ortho intramolecular Hbond substituents is 1. The summed E-state index contributed by atoms with van der Waals surface area (Å²) >= 11 is 0. The van der Waals surface area contributed by atoms with Crippen LogP contribution in [0.15, 0.2) is 23.9 Å². The number of aliphatic hydroxyl groups excluding tert-OH is 1. The number of methoxy groups -OCH3 is 2. The Bertz CT molecular complexity index is 1720. The second kappa shape index (κ2) is 9.30. The summed E-state index contributed by atoms with van der Waals surface area (Å²) in [6, 6.07) is 2.14.